The molecule has 0 aromatic heterocycles. The molecule has 1 aromatic carbocycles. The smallest absolute Gasteiger partial charge is 0.170 e. The molecule has 0 fully saturated rings. The summed E-state index contributed by atoms with van der Waals surface area (Å²) in [4.78, 5) is 0.446. The van der Waals surface area contributed by atoms with Crippen molar-refractivity contribution in [1.29, 1.82) is 5.26 Å². The highest BCUT2D eigenvalue weighted by Gasteiger charge is 2.15. The highest BCUT2D eigenvalue weighted by atomic mass is 32.1. The third kappa shape index (κ3) is 7.51. The van der Waals surface area contributed by atoms with Gasteiger partial charge >= 0.3 is 0 Å². The largest absolute Gasteiger partial charge is 0.375 e. The summed E-state index contributed by atoms with van der Waals surface area (Å²) >= 11 is 10.9. The minimum Gasteiger partial charge on any atom is -0.375 e. The zero-order valence-corrected chi connectivity index (χ0v) is 17.4. The van der Waals surface area contributed by atoms with E-state index in [9.17, 15) is 5.26 Å². The lowest BCUT2D eigenvalue weighted by Gasteiger charge is -2.17. The Labute approximate surface area is 168 Å². The fraction of sp³-hybridized carbons (Fsp3) is 0.450. The van der Waals surface area contributed by atoms with E-state index in [1.54, 1.807) is 0 Å². The Morgan fingerprint density at radius 1 is 1.08 bits per heavy atom. The Balaban J connectivity index is 3.13. The summed E-state index contributed by atoms with van der Waals surface area (Å²) in [6.07, 6.45) is 4.19. The third-order valence-electron chi connectivity index (χ3n) is 3.77. The standard InChI is InChI=1S/C20H28N4S2/c1-4-6-11-22-19(25)17(14-21)18(16-10-8-9-15(3)13-16)24-20(26)23-12-7-5-2/h8-10,13H,4-7,11-12H2,1-3H3,(H,22,25)(H2,23,24,26)/b18-17-. The summed E-state index contributed by atoms with van der Waals surface area (Å²) in [6, 6.07) is 10.2. The van der Waals surface area contributed by atoms with E-state index in [0.29, 0.717) is 21.4 Å². The van der Waals surface area contributed by atoms with Crippen molar-refractivity contribution < 1.29 is 0 Å². The number of hydrogen-bond acceptors (Lipinski definition) is 3. The Morgan fingerprint density at radius 2 is 1.73 bits per heavy atom. The molecule has 0 aliphatic rings. The lowest BCUT2D eigenvalue weighted by atomic mass is 10.0. The van der Waals surface area contributed by atoms with Gasteiger partial charge in [-0.25, -0.2) is 0 Å². The molecule has 3 N–H and O–H groups in total. The van der Waals surface area contributed by atoms with Crippen molar-refractivity contribution >= 4 is 40.2 Å². The van der Waals surface area contributed by atoms with Crippen molar-refractivity contribution in [3.63, 3.8) is 0 Å². The number of benzene rings is 1. The number of nitriles is 1. The van der Waals surface area contributed by atoms with E-state index >= 15 is 0 Å². The molecular formula is C20H28N4S2. The molecule has 0 radical (unpaired) electrons. The van der Waals surface area contributed by atoms with Crippen molar-refractivity contribution in [2.24, 2.45) is 0 Å². The second-order valence-electron chi connectivity index (χ2n) is 6.08. The lowest BCUT2D eigenvalue weighted by molar-refractivity contribution is 0.752. The first-order valence-electron chi connectivity index (χ1n) is 9.07. The van der Waals surface area contributed by atoms with Gasteiger partial charge in [0.25, 0.3) is 0 Å². The number of hydrogen-bond donors (Lipinski definition) is 3. The minimum atomic E-state index is 0.404. The average Bonchev–Trinajstić information content (AvgIpc) is 2.62. The van der Waals surface area contributed by atoms with Crippen LogP contribution in [-0.4, -0.2) is 23.2 Å². The van der Waals surface area contributed by atoms with Crippen molar-refractivity contribution in [2.75, 3.05) is 13.1 Å². The number of unbranched alkanes of at least 4 members (excludes halogenated alkanes) is 2. The first-order valence-corrected chi connectivity index (χ1v) is 9.89. The summed E-state index contributed by atoms with van der Waals surface area (Å²) < 4.78 is 0. The number of aryl methyl sites for hydroxylation is 1. The molecule has 0 saturated heterocycles. The Bertz CT molecular complexity index is 689. The molecular weight excluding hydrogens is 360 g/mol. The number of nitrogens with one attached hydrogen (secondary N) is 3. The highest BCUT2D eigenvalue weighted by Crippen LogP contribution is 2.18. The van der Waals surface area contributed by atoms with E-state index in [2.05, 4.69) is 35.9 Å². The van der Waals surface area contributed by atoms with Gasteiger partial charge in [-0.2, -0.15) is 5.26 Å². The molecule has 0 saturated carbocycles. The Hall–Kier alpha value is -1.97. The van der Waals surface area contributed by atoms with Crippen molar-refractivity contribution in [1.82, 2.24) is 16.0 Å². The quantitative estimate of drug-likeness (QED) is 0.255. The van der Waals surface area contributed by atoms with Crippen LogP contribution >= 0.6 is 24.4 Å². The summed E-state index contributed by atoms with van der Waals surface area (Å²) in [5, 5.41) is 19.8. The van der Waals surface area contributed by atoms with Crippen molar-refractivity contribution in [2.45, 2.75) is 46.5 Å². The van der Waals surface area contributed by atoms with Crippen LogP contribution in [-0.2, 0) is 0 Å². The highest BCUT2D eigenvalue weighted by molar-refractivity contribution is 7.81. The van der Waals surface area contributed by atoms with Gasteiger partial charge in [-0.15, -0.1) is 0 Å². The SMILES string of the molecule is CCCCNC(=S)N/C(=C(/C#N)C(=S)NCCCC)c1cccc(C)c1. The summed E-state index contributed by atoms with van der Waals surface area (Å²) in [6.45, 7) is 7.81. The number of nitrogens with zero attached hydrogens (tertiary/aromatic N) is 1. The van der Waals surface area contributed by atoms with Gasteiger partial charge in [0.1, 0.15) is 16.6 Å². The maximum Gasteiger partial charge on any atom is 0.170 e. The van der Waals surface area contributed by atoms with Crippen LogP contribution < -0.4 is 16.0 Å². The second kappa shape index (κ2) is 12.4. The molecule has 140 valence electrons. The lowest BCUT2D eigenvalue weighted by Crippen LogP contribution is -2.36. The van der Waals surface area contributed by atoms with E-state index in [0.717, 1.165) is 49.9 Å². The normalized spacial score (nSPS) is 11.2. The predicted molar refractivity (Wildman–Crippen MR) is 118 cm³/mol. The van der Waals surface area contributed by atoms with E-state index in [4.69, 9.17) is 24.4 Å². The maximum absolute atomic E-state index is 9.74. The molecule has 0 bridgehead atoms. The van der Waals surface area contributed by atoms with Crippen LogP contribution in [0.3, 0.4) is 0 Å². The van der Waals surface area contributed by atoms with E-state index in [1.165, 1.54) is 0 Å². The van der Waals surface area contributed by atoms with Crippen LogP contribution in [0.5, 0.6) is 0 Å². The third-order valence-corrected chi connectivity index (χ3v) is 4.36. The van der Waals surface area contributed by atoms with Gasteiger partial charge in [0.15, 0.2) is 5.11 Å². The van der Waals surface area contributed by atoms with Crippen LogP contribution in [0.1, 0.15) is 50.7 Å². The molecule has 0 unspecified atom stereocenters. The van der Waals surface area contributed by atoms with E-state index < -0.39 is 0 Å². The van der Waals surface area contributed by atoms with E-state index in [1.807, 2.05) is 31.2 Å². The topological polar surface area (TPSA) is 59.9 Å². The average molecular weight is 389 g/mol. The molecule has 0 atom stereocenters. The summed E-state index contributed by atoms with van der Waals surface area (Å²) in [7, 11) is 0. The summed E-state index contributed by atoms with van der Waals surface area (Å²) in [5.41, 5.74) is 3.04. The molecule has 0 heterocycles. The fourth-order valence-corrected chi connectivity index (χ4v) is 2.76. The monoisotopic (exact) mass is 388 g/mol. The van der Waals surface area contributed by atoms with Gasteiger partial charge in [-0.3, -0.25) is 0 Å². The molecule has 4 nitrogen and oxygen atoms in total. The Kier molecular flexibility index (Phi) is 10.5. The number of thiocarbonyl (C=S) groups is 2. The van der Waals surface area contributed by atoms with Crippen LogP contribution in [0, 0.1) is 18.3 Å². The van der Waals surface area contributed by atoms with Crippen LogP contribution in [0.2, 0.25) is 0 Å². The van der Waals surface area contributed by atoms with Gasteiger partial charge in [0, 0.05) is 13.1 Å². The fourth-order valence-electron chi connectivity index (χ4n) is 2.30. The summed E-state index contributed by atoms with van der Waals surface area (Å²) in [5.74, 6) is 0. The van der Waals surface area contributed by atoms with Gasteiger partial charge in [-0.05, 0) is 43.6 Å². The molecule has 0 aliphatic carbocycles. The van der Waals surface area contributed by atoms with E-state index in [-0.39, 0.29) is 0 Å². The molecule has 26 heavy (non-hydrogen) atoms. The van der Waals surface area contributed by atoms with Crippen LogP contribution in [0.15, 0.2) is 29.8 Å². The second-order valence-corrected chi connectivity index (χ2v) is 6.89. The molecule has 0 aliphatic heterocycles. The zero-order chi connectivity index (χ0) is 19.4. The van der Waals surface area contributed by atoms with Crippen molar-refractivity contribution in [3.8, 4) is 6.07 Å². The van der Waals surface area contributed by atoms with Crippen molar-refractivity contribution in [3.05, 3.63) is 41.0 Å². The molecule has 1 aromatic rings. The van der Waals surface area contributed by atoms with Crippen LogP contribution in [0.4, 0.5) is 0 Å². The molecule has 0 amide bonds. The van der Waals surface area contributed by atoms with Crippen LogP contribution in [0.25, 0.3) is 5.70 Å². The zero-order valence-electron chi connectivity index (χ0n) is 15.8. The Morgan fingerprint density at radius 3 is 2.31 bits per heavy atom. The maximum atomic E-state index is 9.74. The van der Waals surface area contributed by atoms with Gasteiger partial charge < -0.3 is 16.0 Å². The minimum absolute atomic E-state index is 0.404. The van der Waals surface area contributed by atoms with Gasteiger partial charge in [0.05, 0.1) is 5.70 Å². The van der Waals surface area contributed by atoms with Gasteiger partial charge in [0.2, 0.25) is 0 Å². The number of rotatable bonds is 9. The first kappa shape index (κ1) is 22.1. The van der Waals surface area contributed by atoms with Gasteiger partial charge in [-0.1, -0.05) is 62.7 Å². The molecule has 1 rings (SSSR count). The first-order chi connectivity index (χ1) is 12.5. The molecule has 0 spiro atoms. The predicted octanol–water partition coefficient (Wildman–Crippen LogP) is 4.21. The molecule has 6 heteroatoms.